The molecule has 278 valence electrons. The van der Waals surface area contributed by atoms with E-state index in [0.29, 0.717) is 22.1 Å². The number of carbonyl (C=O) groups is 6. The number of aryl methyl sites for hydroxylation is 1. The van der Waals surface area contributed by atoms with Gasteiger partial charge < -0.3 is 45.8 Å². The minimum atomic E-state index is -1.94. The number of hydrogen-bond donors (Lipinski definition) is 7. The molecule has 0 bridgehead atoms. The van der Waals surface area contributed by atoms with Gasteiger partial charge in [0, 0.05) is 49.7 Å². The summed E-state index contributed by atoms with van der Waals surface area (Å²) in [5.41, 5.74) is -0.287. The molecule has 3 aromatic rings. The lowest BCUT2D eigenvalue weighted by molar-refractivity contribution is -0.153. The number of aromatic nitrogens is 1. The van der Waals surface area contributed by atoms with E-state index in [1.54, 1.807) is 13.0 Å². The first-order chi connectivity index (χ1) is 25.1. The second-order valence-corrected chi connectivity index (χ2v) is 12.2. The van der Waals surface area contributed by atoms with Crippen LogP contribution >= 0.6 is 0 Å². The maximum absolute atomic E-state index is 14.7. The highest BCUT2D eigenvalue weighted by Gasteiger charge is 2.42. The molecule has 6 amide bonds. The van der Waals surface area contributed by atoms with Crippen molar-refractivity contribution in [2.75, 3.05) is 26.2 Å². The molecule has 2 aromatic carbocycles. The number of amides is 6. The van der Waals surface area contributed by atoms with E-state index in [1.165, 1.54) is 30.3 Å². The molecule has 2 aliphatic rings. The molecule has 1 saturated heterocycles. The number of piperazine rings is 1. The van der Waals surface area contributed by atoms with Gasteiger partial charge in [-0.1, -0.05) is 6.07 Å². The Balaban J connectivity index is 1.28. The van der Waals surface area contributed by atoms with Crippen molar-refractivity contribution < 1.29 is 62.5 Å². The molecule has 17 nitrogen and oxygen atoms in total. The number of carbonyl (C=O) groups excluding carboxylic acids is 5. The van der Waals surface area contributed by atoms with Gasteiger partial charge in [-0.2, -0.15) is 0 Å². The third-order valence-electron chi connectivity index (χ3n) is 8.82. The fraction of sp³-hybridized carbons (Fsp3) is 0.303. The van der Waals surface area contributed by atoms with Crippen molar-refractivity contribution in [2.45, 2.75) is 38.7 Å². The Morgan fingerprint density at radius 3 is 2.49 bits per heavy atom. The molecule has 1 aromatic heterocycles. The van der Waals surface area contributed by atoms with E-state index >= 15 is 0 Å². The molecule has 5 rings (SSSR count). The summed E-state index contributed by atoms with van der Waals surface area (Å²) in [5, 5.41) is 47.6. The predicted molar refractivity (Wildman–Crippen MR) is 178 cm³/mol. The van der Waals surface area contributed by atoms with E-state index in [1.807, 2.05) is 0 Å². The molecule has 20 heteroatoms. The molecule has 7 N–H and O–H groups in total. The highest BCUT2D eigenvalue weighted by atomic mass is 19.1. The van der Waals surface area contributed by atoms with Crippen LogP contribution in [-0.2, 0) is 20.8 Å². The summed E-state index contributed by atoms with van der Waals surface area (Å²) in [7, 11) is -1.94. The molecule has 2 atom stereocenters. The van der Waals surface area contributed by atoms with Crippen LogP contribution in [0.25, 0.3) is 0 Å². The molecule has 0 aliphatic carbocycles. The summed E-state index contributed by atoms with van der Waals surface area (Å²) in [4.78, 5) is 82.9. The van der Waals surface area contributed by atoms with Crippen molar-refractivity contribution in [3.63, 3.8) is 0 Å². The third kappa shape index (κ3) is 7.81. The van der Waals surface area contributed by atoms with Crippen LogP contribution in [0.2, 0.25) is 0 Å². The van der Waals surface area contributed by atoms with Crippen LogP contribution in [0.5, 0.6) is 17.2 Å². The quantitative estimate of drug-likeness (QED) is 0.0649. The van der Waals surface area contributed by atoms with E-state index < -0.39 is 83.3 Å². The number of nitrogens with zero attached hydrogens (tertiary/aromatic N) is 3. The predicted octanol–water partition coefficient (Wildman–Crippen LogP) is 0.467. The normalized spacial score (nSPS) is 16.0. The highest BCUT2D eigenvalue weighted by Crippen LogP contribution is 2.37. The van der Waals surface area contributed by atoms with Gasteiger partial charge in [-0.25, -0.2) is 18.4 Å². The second kappa shape index (κ2) is 15.5. The number of aromatic carboxylic acids is 1. The van der Waals surface area contributed by atoms with Gasteiger partial charge in [-0.05, 0) is 61.6 Å². The molecule has 1 fully saturated rings. The lowest BCUT2D eigenvalue weighted by atomic mass is 9.72. The Kier molecular flexibility index (Phi) is 11.1. The van der Waals surface area contributed by atoms with E-state index in [0.717, 1.165) is 6.07 Å². The molecule has 3 heterocycles. The number of phenols is 2. The lowest BCUT2D eigenvalue weighted by Gasteiger charge is -2.34. The van der Waals surface area contributed by atoms with Gasteiger partial charge >= 0.3 is 30.9 Å². The molecular weight excluding hydrogens is 705 g/mol. The van der Waals surface area contributed by atoms with Crippen LogP contribution in [0, 0.1) is 25.5 Å². The number of fused-ring (bicyclic) bond motifs is 1. The Morgan fingerprint density at radius 2 is 1.79 bits per heavy atom. The Labute approximate surface area is 299 Å². The first kappa shape index (κ1) is 37.9. The SMILES string of the molecule is Cc1cnccc1C(=O)NCCCN1CCN(C(=O)NC(C(=O)N[C@H]2Cc3ccc(F)c(C(=O)O)c3OB2O)c2cc(F)c(O)c(O)c2C)C(=O)C1=O. The van der Waals surface area contributed by atoms with Crippen LogP contribution in [0.3, 0.4) is 0 Å². The molecule has 0 saturated carbocycles. The topological polar surface area (TPSA) is 248 Å². The number of pyridine rings is 1. The van der Waals surface area contributed by atoms with Crippen molar-refractivity contribution in [1.82, 2.24) is 30.7 Å². The smallest absolute Gasteiger partial charge is 0.534 e. The van der Waals surface area contributed by atoms with Crippen molar-refractivity contribution in [3.05, 3.63) is 81.7 Å². The summed E-state index contributed by atoms with van der Waals surface area (Å²) >= 11 is 0. The van der Waals surface area contributed by atoms with Gasteiger partial charge in [0.2, 0.25) is 5.91 Å². The maximum atomic E-state index is 14.7. The van der Waals surface area contributed by atoms with E-state index in [4.69, 9.17) is 4.65 Å². The number of carboxylic acid groups (broad SMARTS) is 1. The minimum absolute atomic E-state index is 0.0570. The third-order valence-corrected chi connectivity index (χ3v) is 8.82. The highest BCUT2D eigenvalue weighted by molar-refractivity contribution is 6.47. The zero-order valence-corrected chi connectivity index (χ0v) is 28.2. The average molecular weight is 738 g/mol. The van der Waals surface area contributed by atoms with Crippen molar-refractivity contribution in [3.8, 4) is 17.2 Å². The monoisotopic (exact) mass is 738 g/mol. The molecule has 2 aliphatic heterocycles. The van der Waals surface area contributed by atoms with Crippen LogP contribution in [0.4, 0.5) is 13.6 Å². The largest absolute Gasteiger partial charge is 0.547 e. The molecular formula is C33H33BF2N6O11. The number of rotatable bonds is 10. The first-order valence-electron chi connectivity index (χ1n) is 16.1. The van der Waals surface area contributed by atoms with E-state index in [2.05, 4.69) is 20.9 Å². The second-order valence-electron chi connectivity index (χ2n) is 12.2. The van der Waals surface area contributed by atoms with Gasteiger partial charge in [0.05, 0.1) is 5.94 Å². The molecule has 0 spiro atoms. The number of hydrogen-bond acceptors (Lipinski definition) is 11. The fourth-order valence-corrected chi connectivity index (χ4v) is 5.93. The number of urea groups is 1. The average Bonchev–Trinajstić information content (AvgIpc) is 3.11. The Bertz CT molecular complexity index is 2020. The first-order valence-corrected chi connectivity index (χ1v) is 16.1. The minimum Gasteiger partial charge on any atom is -0.534 e. The number of phenolic OH excluding ortho intramolecular Hbond substituents is 2. The van der Waals surface area contributed by atoms with Crippen LogP contribution in [0.15, 0.2) is 36.7 Å². The van der Waals surface area contributed by atoms with Crippen LogP contribution in [0.1, 0.15) is 55.4 Å². The van der Waals surface area contributed by atoms with Crippen LogP contribution in [-0.4, -0.2) is 110 Å². The summed E-state index contributed by atoms with van der Waals surface area (Å²) in [6.07, 6.45) is 2.99. The fourth-order valence-electron chi connectivity index (χ4n) is 5.93. The van der Waals surface area contributed by atoms with Crippen molar-refractivity contribution >= 4 is 42.7 Å². The van der Waals surface area contributed by atoms with E-state index in [-0.39, 0.29) is 61.6 Å². The zero-order valence-electron chi connectivity index (χ0n) is 28.2. The van der Waals surface area contributed by atoms with Crippen molar-refractivity contribution in [2.24, 2.45) is 0 Å². The zero-order chi connectivity index (χ0) is 38.7. The summed E-state index contributed by atoms with van der Waals surface area (Å²) < 4.78 is 34.1. The Hall–Kier alpha value is -6.31. The summed E-state index contributed by atoms with van der Waals surface area (Å²) in [6.45, 7) is 2.71. The Morgan fingerprint density at radius 1 is 1.06 bits per heavy atom. The maximum Gasteiger partial charge on any atom is 0.547 e. The number of carboxylic acids is 1. The summed E-state index contributed by atoms with van der Waals surface area (Å²) in [5.74, 6) is -11.9. The van der Waals surface area contributed by atoms with Gasteiger partial charge in [0.25, 0.3) is 5.91 Å². The number of imide groups is 1. The lowest BCUT2D eigenvalue weighted by Crippen LogP contribution is -2.60. The standard InChI is InChI=1S/C33H33BF2N6O11/c1-15-14-37-8-6-18(15)28(45)38-7-3-9-41-10-11-42(31(48)30(41)47)33(51)40-24(19-13-21(36)26(44)25(43)16(19)2)29(46)39-22-12-17-4-5-20(35)23(32(49)50)27(17)53-34(22)52/h4-6,8,13-14,22,24,43-44,52H,3,7,9-12H2,1-2H3,(H,38,45)(H,39,46)(H,40,51)(H,49,50)/t22-,24?/m0/s1. The van der Waals surface area contributed by atoms with E-state index in [9.17, 15) is 57.9 Å². The van der Waals surface area contributed by atoms with Crippen molar-refractivity contribution in [1.29, 1.82) is 0 Å². The number of benzene rings is 2. The van der Waals surface area contributed by atoms with Crippen LogP contribution < -0.4 is 20.6 Å². The summed E-state index contributed by atoms with van der Waals surface area (Å²) in [6, 6.07) is 1.07. The van der Waals surface area contributed by atoms with Gasteiger partial charge in [-0.3, -0.25) is 29.1 Å². The number of halogens is 2. The van der Waals surface area contributed by atoms with Gasteiger partial charge in [-0.15, -0.1) is 0 Å². The number of aromatic hydroxyl groups is 2. The molecule has 0 radical (unpaired) electrons. The molecule has 1 unspecified atom stereocenters. The van der Waals surface area contributed by atoms with Gasteiger partial charge in [0.1, 0.15) is 23.2 Å². The number of nitrogens with one attached hydrogen (secondary N) is 3. The van der Waals surface area contributed by atoms with Gasteiger partial charge in [0.15, 0.2) is 17.3 Å². The molecule has 53 heavy (non-hydrogen) atoms.